The Morgan fingerprint density at radius 1 is 1.15 bits per heavy atom. The number of benzene rings is 1. The zero-order chi connectivity index (χ0) is 14.4. The van der Waals surface area contributed by atoms with Gasteiger partial charge in [-0.15, -0.1) is 0 Å². The largest absolute Gasteiger partial charge is 0.477 e. The van der Waals surface area contributed by atoms with Crippen LogP contribution in [0.25, 0.3) is 0 Å². The molecule has 0 aliphatic heterocycles. The zero-order valence-corrected chi connectivity index (χ0v) is 11.1. The Morgan fingerprint density at radius 3 is 2.55 bits per heavy atom. The van der Waals surface area contributed by atoms with E-state index in [1.807, 2.05) is 30.3 Å². The first-order chi connectivity index (χ1) is 9.70. The van der Waals surface area contributed by atoms with E-state index in [2.05, 4.69) is 4.98 Å². The molecule has 0 aliphatic rings. The van der Waals surface area contributed by atoms with Gasteiger partial charge in [0, 0.05) is 6.07 Å². The summed E-state index contributed by atoms with van der Waals surface area (Å²) in [6.45, 7) is 2.48. The molecule has 0 radical (unpaired) electrons. The normalized spacial score (nSPS) is 10.1. The fraction of sp³-hybridized carbons (Fsp3) is 0.200. The van der Waals surface area contributed by atoms with Gasteiger partial charge < -0.3 is 14.6 Å². The molecule has 1 N–H and O–H groups in total. The molecule has 5 nitrogen and oxygen atoms in total. The molecule has 0 saturated heterocycles. The highest BCUT2D eigenvalue weighted by molar-refractivity contribution is 5.90. The van der Waals surface area contributed by atoms with E-state index in [1.54, 1.807) is 6.92 Å². The van der Waals surface area contributed by atoms with Crippen molar-refractivity contribution in [3.8, 4) is 11.8 Å². The summed E-state index contributed by atoms with van der Waals surface area (Å²) in [7, 11) is 0. The predicted octanol–water partition coefficient (Wildman–Crippen LogP) is 2.76. The van der Waals surface area contributed by atoms with E-state index in [9.17, 15) is 4.79 Å². The number of carboxylic acids is 1. The molecule has 20 heavy (non-hydrogen) atoms. The number of aromatic carboxylic acids is 1. The third-order valence-electron chi connectivity index (χ3n) is 2.58. The Hall–Kier alpha value is -2.56. The van der Waals surface area contributed by atoms with Crippen molar-refractivity contribution in [2.75, 3.05) is 6.61 Å². The average Bonchev–Trinajstić information content (AvgIpc) is 2.46. The van der Waals surface area contributed by atoms with Crippen LogP contribution in [0.4, 0.5) is 0 Å². The highest BCUT2D eigenvalue weighted by Crippen LogP contribution is 2.21. The monoisotopic (exact) mass is 273 g/mol. The van der Waals surface area contributed by atoms with Crippen molar-refractivity contribution in [1.82, 2.24) is 4.98 Å². The van der Waals surface area contributed by atoms with Crippen molar-refractivity contribution in [2.45, 2.75) is 13.5 Å². The van der Waals surface area contributed by atoms with E-state index in [0.717, 1.165) is 5.56 Å². The van der Waals surface area contributed by atoms with E-state index in [4.69, 9.17) is 14.6 Å². The summed E-state index contributed by atoms with van der Waals surface area (Å²) in [5.74, 6) is -0.663. The Kier molecular flexibility index (Phi) is 4.55. The molecular weight excluding hydrogens is 258 g/mol. The van der Waals surface area contributed by atoms with Gasteiger partial charge in [-0.1, -0.05) is 30.3 Å². The summed E-state index contributed by atoms with van der Waals surface area (Å²) in [5.41, 5.74) is 1.04. The highest BCUT2D eigenvalue weighted by atomic mass is 16.5. The van der Waals surface area contributed by atoms with Gasteiger partial charge in [0.05, 0.1) is 6.61 Å². The number of aromatic nitrogens is 1. The Morgan fingerprint density at radius 2 is 1.90 bits per heavy atom. The first-order valence-electron chi connectivity index (χ1n) is 6.24. The highest BCUT2D eigenvalue weighted by Gasteiger charge is 2.14. The number of hydrogen-bond donors (Lipinski definition) is 1. The number of nitrogens with zero attached hydrogens (tertiary/aromatic N) is 1. The van der Waals surface area contributed by atoms with Crippen LogP contribution in [-0.4, -0.2) is 22.7 Å². The summed E-state index contributed by atoms with van der Waals surface area (Å²) in [5, 5.41) is 9.03. The molecule has 0 amide bonds. The molecule has 5 heteroatoms. The Bertz CT molecular complexity index is 584. The minimum atomic E-state index is -1.07. The van der Waals surface area contributed by atoms with Gasteiger partial charge in [0.25, 0.3) is 0 Å². The van der Waals surface area contributed by atoms with Crippen LogP contribution in [0.15, 0.2) is 42.5 Å². The van der Waals surface area contributed by atoms with Crippen molar-refractivity contribution in [3.63, 3.8) is 0 Å². The number of rotatable bonds is 6. The van der Waals surface area contributed by atoms with Crippen LogP contribution in [-0.2, 0) is 6.61 Å². The molecule has 0 spiro atoms. The smallest absolute Gasteiger partial charge is 0.341 e. The molecule has 0 fully saturated rings. The first kappa shape index (κ1) is 13.9. The van der Waals surface area contributed by atoms with Gasteiger partial charge in [-0.2, -0.15) is 4.98 Å². The topological polar surface area (TPSA) is 68.7 Å². The first-order valence-corrected chi connectivity index (χ1v) is 6.24. The number of ether oxygens (including phenoxy) is 2. The summed E-state index contributed by atoms with van der Waals surface area (Å²) in [6.07, 6.45) is 0. The molecule has 104 valence electrons. The molecule has 2 aromatic rings. The quantitative estimate of drug-likeness (QED) is 0.876. The van der Waals surface area contributed by atoms with Gasteiger partial charge in [0.1, 0.15) is 12.2 Å². The van der Waals surface area contributed by atoms with Gasteiger partial charge in [-0.05, 0) is 18.6 Å². The summed E-state index contributed by atoms with van der Waals surface area (Å²) < 4.78 is 10.7. The van der Waals surface area contributed by atoms with Gasteiger partial charge >= 0.3 is 5.97 Å². The van der Waals surface area contributed by atoms with Crippen molar-refractivity contribution >= 4 is 5.97 Å². The second-order valence-electron chi connectivity index (χ2n) is 4.01. The third kappa shape index (κ3) is 3.47. The van der Waals surface area contributed by atoms with Crippen molar-refractivity contribution < 1.29 is 19.4 Å². The van der Waals surface area contributed by atoms with E-state index in [-0.39, 0.29) is 11.4 Å². The lowest BCUT2D eigenvalue weighted by Gasteiger charge is -2.09. The van der Waals surface area contributed by atoms with E-state index in [0.29, 0.717) is 19.1 Å². The molecule has 0 unspecified atom stereocenters. The van der Waals surface area contributed by atoms with Crippen LogP contribution in [0, 0.1) is 0 Å². The van der Waals surface area contributed by atoms with Crippen LogP contribution in [0.1, 0.15) is 22.8 Å². The fourth-order valence-corrected chi connectivity index (χ4v) is 1.64. The summed E-state index contributed by atoms with van der Waals surface area (Å²) >= 11 is 0. The van der Waals surface area contributed by atoms with Crippen LogP contribution in [0.2, 0.25) is 0 Å². The fourth-order valence-electron chi connectivity index (χ4n) is 1.64. The van der Waals surface area contributed by atoms with Crippen molar-refractivity contribution in [3.05, 3.63) is 53.6 Å². The molecule has 1 aromatic carbocycles. The van der Waals surface area contributed by atoms with Gasteiger partial charge in [-0.3, -0.25) is 0 Å². The van der Waals surface area contributed by atoms with E-state index >= 15 is 0 Å². The van der Waals surface area contributed by atoms with E-state index in [1.165, 1.54) is 12.1 Å². The second kappa shape index (κ2) is 6.56. The SMILES string of the molecule is CCOc1nc(OCc2ccccc2)ccc1C(=O)O. The maximum absolute atomic E-state index is 11.0. The minimum absolute atomic E-state index is 0.0268. The maximum Gasteiger partial charge on any atom is 0.341 e. The number of pyridine rings is 1. The molecule has 0 bridgehead atoms. The molecule has 0 saturated carbocycles. The van der Waals surface area contributed by atoms with Crippen LogP contribution in [0.5, 0.6) is 11.8 Å². The van der Waals surface area contributed by atoms with Gasteiger partial charge in [0.15, 0.2) is 0 Å². The number of hydrogen-bond acceptors (Lipinski definition) is 4. The molecule has 1 aromatic heterocycles. The molecule has 0 atom stereocenters. The van der Waals surface area contributed by atoms with Crippen molar-refractivity contribution in [2.24, 2.45) is 0 Å². The standard InChI is InChI=1S/C15H15NO4/c1-2-19-14-12(15(17)18)8-9-13(16-14)20-10-11-6-4-3-5-7-11/h3-9H,2,10H2,1H3,(H,17,18). The zero-order valence-electron chi connectivity index (χ0n) is 11.1. The second-order valence-corrected chi connectivity index (χ2v) is 4.01. The lowest BCUT2D eigenvalue weighted by atomic mass is 10.2. The molecule has 2 rings (SSSR count). The summed E-state index contributed by atoms with van der Waals surface area (Å²) in [4.78, 5) is 15.1. The van der Waals surface area contributed by atoms with Crippen LogP contribution >= 0.6 is 0 Å². The van der Waals surface area contributed by atoms with Crippen molar-refractivity contribution in [1.29, 1.82) is 0 Å². The number of carbonyl (C=O) groups is 1. The predicted molar refractivity (Wildman–Crippen MR) is 73.1 cm³/mol. The van der Waals surface area contributed by atoms with Gasteiger partial charge in [0.2, 0.25) is 11.8 Å². The average molecular weight is 273 g/mol. The Labute approximate surface area is 116 Å². The number of carboxylic acid groups (broad SMARTS) is 1. The molecule has 1 heterocycles. The van der Waals surface area contributed by atoms with E-state index < -0.39 is 5.97 Å². The lowest BCUT2D eigenvalue weighted by molar-refractivity contribution is 0.0691. The molecular formula is C15H15NO4. The van der Waals surface area contributed by atoms with Crippen LogP contribution < -0.4 is 9.47 Å². The minimum Gasteiger partial charge on any atom is -0.477 e. The third-order valence-corrected chi connectivity index (χ3v) is 2.58. The molecule has 0 aliphatic carbocycles. The van der Waals surface area contributed by atoms with Crippen LogP contribution in [0.3, 0.4) is 0 Å². The Balaban J connectivity index is 2.12. The van der Waals surface area contributed by atoms with Gasteiger partial charge in [-0.25, -0.2) is 4.79 Å². The lowest BCUT2D eigenvalue weighted by Crippen LogP contribution is -2.06. The maximum atomic E-state index is 11.0. The summed E-state index contributed by atoms with van der Waals surface area (Å²) in [6, 6.07) is 12.6.